The van der Waals surface area contributed by atoms with Gasteiger partial charge in [-0.25, -0.2) is 22.4 Å². The zero-order valence-electron chi connectivity index (χ0n) is 13.0. The van der Waals surface area contributed by atoms with Crippen LogP contribution in [0.25, 0.3) is 0 Å². The van der Waals surface area contributed by atoms with Crippen LogP contribution in [0.2, 0.25) is 0 Å². The van der Waals surface area contributed by atoms with Gasteiger partial charge in [-0.1, -0.05) is 0 Å². The van der Waals surface area contributed by atoms with Crippen LogP contribution in [-0.2, 0) is 4.74 Å². The highest BCUT2D eigenvalue weighted by atomic mass is 19.3. The van der Waals surface area contributed by atoms with E-state index >= 15 is 0 Å². The van der Waals surface area contributed by atoms with Crippen LogP contribution in [0.3, 0.4) is 0 Å². The Kier molecular flexibility index (Phi) is 6.06. The largest absolute Gasteiger partial charge is 0.444 e. The fraction of sp³-hybridized carbons (Fsp3) is 0.929. The van der Waals surface area contributed by atoms with Crippen LogP contribution < -0.4 is 0 Å². The van der Waals surface area contributed by atoms with E-state index in [4.69, 9.17) is 4.74 Å². The minimum absolute atomic E-state index is 0.0000642. The molecule has 0 bridgehead atoms. The third-order valence-electron chi connectivity index (χ3n) is 3.15. The molecule has 0 spiro atoms. The Balaban J connectivity index is 2.50. The summed E-state index contributed by atoms with van der Waals surface area (Å²) in [6.07, 6.45) is -5.95. The van der Waals surface area contributed by atoms with Crippen LogP contribution in [0.15, 0.2) is 0 Å². The number of hydrogen-bond donors (Lipinski definition) is 1. The lowest BCUT2D eigenvalue weighted by Gasteiger charge is -2.28. The molecule has 8 heteroatoms. The van der Waals surface area contributed by atoms with Crippen LogP contribution in [0, 0.1) is 0 Å². The fourth-order valence-corrected chi connectivity index (χ4v) is 1.92. The maximum Gasteiger partial charge on any atom is 0.410 e. The Hall–Kier alpha value is -1.05. The normalized spacial score (nSPS) is 17.5. The van der Waals surface area contributed by atoms with Crippen molar-refractivity contribution in [2.45, 2.75) is 76.5 Å². The smallest absolute Gasteiger partial charge is 0.410 e. The predicted octanol–water partition coefficient (Wildman–Crippen LogP) is 3.43. The molecule has 1 unspecified atom stereocenters. The van der Waals surface area contributed by atoms with E-state index in [1.54, 1.807) is 20.8 Å². The Bertz CT molecular complexity index is 381. The van der Waals surface area contributed by atoms with Crippen LogP contribution >= 0.6 is 0 Å². The molecule has 1 atom stereocenters. The number of nitrogens with zero attached hydrogens (tertiary/aromatic N) is 1. The molecule has 0 saturated heterocycles. The third-order valence-corrected chi connectivity index (χ3v) is 3.15. The molecule has 1 rings (SSSR count). The second-order valence-corrected chi connectivity index (χ2v) is 6.61. The molecule has 1 saturated carbocycles. The quantitative estimate of drug-likeness (QED) is 0.728. The molecular weight excluding hydrogens is 306 g/mol. The molecule has 1 N–H and O–H groups in total. The fourth-order valence-electron chi connectivity index (χ4n) is 1.92. The van der Waals surface area contributed by atoms with Gasteiger partial charge in [-0.2, -0.15) is 0 Å². The zero-order chi connectivity index (χ0) is 17.1. The molecule has 1 aliphatic carbocycles. The number of amides is 1. The highest BCUT2D eigenvalue weighted by molar-refractivity contribution is 5.69. The summed E-state index contributed by atoms with van der Waals surface area (Å²) in [5, 5.41) is 9.51. The Morgan fingerprint density at radius 1 is 1.32 bits per heavy atom. The molecule has 0 heterocycles. The predicted molar refractivity (Wildman–Crippen MR) is 72.2 cm³/mol. The van der Waals surface area contributed by atoms with E-state index in [-0.39, 0.29) is 19.0 Å². The van der Waals surface area contributed by atoms with Crippen molar-refractivity contribution in [3.05, 3.63) is 0 Å². The van der Waals surface area contributed by atoms with Crippen molar-refractivity contribution in [3.63, 3.8) is 0 Å². The van der Waals surface area contributed by atoms with Crippen molar-refractivity contribution in [3.8, 4) is 0 Å². The van der Waals surface area contributed by atoms with Gasteiger partial charge in [0, 0.05) is 19.0 Å². The van der Waals surface area contributed by atoms with E-state index in [0.717, 1.165) is 12.8 Å². The summed E-state index contributed by atoms with van der Waals surface area (Å²) in [5.41, 5.74) is -0.689. The number of aliphatic hydroxyl groups excluding tert-OH is 1. The summed E-state index contributed by atoms with van der Waals surface area (Å²) in [4.78, 5) is 13.4. The van der Waals surface area contributed by atoms with E-state index in [1.165, 1.54) is 4.90 Å². The molecule has 0 aromatic heterocycles. The minimum Gasteiger partial charge on any atom is -0.444 e. The summed E-state index contributed by atoms with van der Waals surface area (Å²) >= 11 is 0. The minimum atomic E-state index is -4.23. The van der Waals surface area contributed by atoms with Crippen molar-refractivity contribution >= 4 is 6.09 Å². The van der Waals surface area contributed by atoms with Gasteiger partial charge in [0.2, 0.25) is 0 Å². The van der Waals surface area contributed by atoms with Gasteiger partial charge in [0.05, 0.1) is 6.10 Å². The number of carbonyl (C=O) groups is 1. The van der Waals surface area contributed by atoms with Crippen LogP contribution in [0.5, 0.6) is 0 Å². The zero-order valence-corrected chi connectivity index (χ0v) is 13.0. The van der Waals surface area contributed by atoms with E-state index in [1.807, 2.05) is 0 Å². The number of alkyl halides is 4. The van der Waals surface area contributed by atoms with Crippen LogP contribution in [0.4, 0.5) is 22.4 Å². The van der Waals surface area contributed by atoms with Crippen molar-refractivity contribution in [2.24, 2.45) is 0 Å². The molecule has 22 heavy (non-hydrogen) atoms. The third kappa shape index (κ3) is 6.37. The first kappa shape index (κ1) is 19.0. The number of carbonyl (C=O) groups excluding carboxylic acids is 1. The van der Waals surface area contributed by atoms with Crippen molar-refractivity contribution < 1.29 is 32.2 Å². The summed E-state index contributed by atoms with van der Waals surface area (Å²) in [6.45, 7) is 5.11. The molecule has 1 amide bonds. The van der Waals surface area contributed by atoms with Gasteiger partial charge in [0.15, 0.2) is 0 Å². The highest BCUT2D eigenvalue weighted by Crippen LogP contribution is 2.31. The van der Waals surface area contributed by atoms with Crippen molar-refractivity contribution in [1.29, 1.82) is 0 Å². The summed E-state index contributed by atoms with van der Waals surface area (Å²) in [5.74, 6) is -4.23. The Morgan fingerprint density at radius 3 is 2.27 bits per heavy atom. The topological polar surface area (TPSA) is 49.8 Å². The summed E-state index contributed by atoms with van der Waals surface area (Å²) in [7, 11) is 0. The molecular formula is C14H23F4NO3. The average molecular weight is 329 g/mol. The first-order chi connectivity index (χ1) is 9.92. The highest BCUT2D eigenvalue weighted by Gasteiger charge is 2.43. The molecule has 0 aliphatic heterocycles. The molecule has 1 fully saturated rings. The average Bonchev–Trinajstić information content (AvgIpc) is 3.10. The molecule has 1 aliphatic rings. The number of halogens is 4. The van der Waals surface area contributed by atoms with E-state index in [2.05, 4.69) is 0 Å². The first-order valence-corrected chi connectivity index (χ1v) is 7.26. The second kappa shape index (κ2) is 7.02. The summed E-state index contributed by atoms with van der Waals surface area (Å²) < 4.78 is 55.1. The number of ether oxygens (including phenoxy) is 1. The monoisotopic (exact) mass is 329 g/mol. The lowest BCUT2D eigenvalue weighted by molar-refractivity contribution is -0.149. The van der Waals surface area contributed by atoms with E-state index < -0.39 is 36.6 Å². The lowest BCUT2D eigenvalue weighted by Crippen LogP contribution is -2.40. The Morgan fingerprint density at radius 2 is 1.86 bits per heavy atom. The van der Waals surface area contributed by atoms with Gasteiger partial charge in [-0.05, 0) is 40.0 Å². The van der Waals surface area contributed by atoms with E-state index in [9.17, 15) is 27.5 Å². The Labute approximate surface area is 127 Å². The summed E-state index contributed by atoms with van der Waals surface area (Å²) in [6, 6.07) is -0.0299. The van der Waals surface area contributed by atoms with Gasteiger partial charge >= 0.3 is 18.4 Å². The first-order valence-electron chi connectivity index (χ1n) is 7.26. The number of hydrogen-bond acceptors (Lipinski definition) is 3. The van der Waals surface area contributed by atoms with Crippen LogP contribution in [-0.4, -0.2) is 52.7 Å². The molecule has 0 radical (unpaired) electrons. The van der Waals surface area contributed by atoms with Gasteiger partial charge < -0.3 is 14.7 Å². The van der Waals surface area contributed by atoms with Crippen LogP contribution in [0.1, 0.15) is 46.5 Å². The van der Waals surface area contributed by atoms with Gasteiger partial charge in [-0.3, -0.25) is 0 Å². The van der Waals surface area contributed by atoms with Gasteiger partial charge in [0.25, 0.3) is 0 Å². The maximum absolute atomic E-state index is 12.9. The number of rotatable bonds is 7. The molecule has 4 nitrogen and oxygen atoms in total. The lowest BCUT2D eigenvalue weighted by atomic mass is 10.1. The molecule has 130 valence electrons. The van der Waals surface area contributed by atoms with Crippen molar-refractivity contribution in [2.75, 3.05) is 6.54 Å². The maximum atomic E-state index is 12.9. The van der Waals surface area contributed by atoms with E-state index in [0.29, 0.717) is 0 Å². The molecule has 0 aromatic carbocycles. The molecule has 0 aromatic rings. The SMILES string of the molecule is CC(C)(C)OC(=O)N(CCC(O)CC(F)(F)C(F)F)C1CC1. The van der Waals surface area contributed by atoms with Gasteiger partial charge in [-0.15, -0.1) is 0 Å². The number of aliphatic hydroxyl groups is 1. The van der Waals surface area contributed by atoms with Gasteiger partial charge in [0.1, 0.15) is 5.60 Å². The standard InChI is InChI=1S/C14H23F4NO3/c1-13(2,3)22-12(21)19(9-4-5-9)7-6-10(20)8-14(17,18)11(15)16/h9-11,20H,4-8H2,1-3H3. The van der Waals surface area contributed by atoms with Crippen molar-refractivity contribution in [1.82, 2.24) is 4.90 Å². The second-order valence-electron chi connectivity index (χ2n) is 6.61.